The molecule has 0 aliphatic heterocycles. The summed E-state index contributed by atoms with van der Waals surface area (Å²) in [5.41, 5.74) is 4.36. The smallest absolute Gasteiger partial charge is 0.373 e. The van der Waals surface area contributed by atoms with Crippen LogP contribution in [0.5, 0.6) is 0 Å². The first-order chi connectivity index (χ1) is 16.2. The maximum atomic E-state index is 12.6. The number of fused-ring (bicyclic) bond motifs is 4. The van der Waals surface area contributed by atoms with Crippen molar-refractivity contribution in [3.8, 4) is 0 Å². The highest BCUT2D eigenvalue weighted by Gasteiger charge is 2.20. The first-order valence-corrected chi connectivity index (χ1v) is 12.1. The predicted molar refractivity (Wildman–Crippen MR) is 115 cm³/mol. The first kappa shape index (κ1) is 23.9. The molecule has 0 spiro atoms. The van der Waals surface area contributed by atoms with Crippen molar-refractivity contribution in [3.05, 3.63) is 71.7 Å². The molecule has 3 aromatic heterocycles. The van der Waals surface area contributed by atoms with Crippen LogP contribution in [0.4, 0.5) is 0 Å². The van der Waals surface area contributed by atoms with Crippen LogP contribution in [0.2, 0.25) is 0 Å². The number of para-hydroxylation sites is 3. The number of halogens is 1. The van der Waals surface area contributed by atoms with Crippen LogP contribution in [-0.2, 0) is 11.8 Å². The fourth-order valence-electron chi connectivity index (χ4n) is 3.59. The number of carbonyl (C=O) groups is 1. The first-order valence-electron chi connectivity index (χ1n) is 10.0. The number of esters is 1. The lowest BCUT2D eigenvalue weighted by Gasteiger charge is -2.17. The van der Waals surface area contributed by atoms with Crippen LogP contribution in [0.3, 0.4) is 0 Å². The SMILES string of the molecule is CCOC(=O)c1cc(/C=C/c2oc3ccccc3[n+]2C)c2sc3ccccc3n12.[O-][Cl+3]([O-])([O-])[O-]. The summed E-state index contributed by atoms with van der Waals surface area (Å²) in [5.74, 6) is 0.421. The summed E-state index contributed by atoms with van der Waals surface area (Å²) in [7, 11) is -2.97. The lowest BCUT2D eigenvalue weighted by atomic mass is 10.3. The zero-order valence-electron chi connectivity index (χ0n) is 18.1. The molecule has 176 valence electrons. The van der Waals surface area contributed by atoms with E-state index in [-0.39, 0.29) is 5.97 Å². The quantitative estimate of drug-likeness (QED) is 0.254. The number of aromatic nitrogens is 2. The van der Waals surface area contributed by atoms with E-state index in [1.54, 1.807) is 11.3 Å². The van der Waals surface area contributed by atoms with Crippen molar-refractivity contribution in [1.82, 2.24) is 4.40 Å². The number of ether oxygens (including phenoxy) is 1. The number of aryl methyl sites for hydroxylation is 1. The zero-order chi connectivity index (χ0) is 24.5. The molecule has 0 N–H and O–H groups in total. The summed E-state index contributed by atoms with van der Waals surface area (Å²) in [6, 6.07) is 17.9. The Bertz CT molecular complexity index is 1500. The summed E-state index contributed by atoms with van der Waals surface area (Å²) < 4.78 is 50.3. The fraction of sp³-hybridized carbons (Fsp3) is 0.130. The van der Waals surface area contributed by atoms with Crippen LogP contribution in [0.1, 0.15) is 28.9 Å². The predicted octanol–water partition coefficient (Wildman–Crippen LogP) is 0.316. The molecule has 0 amide bonds. The largest absolute Gasteiger partial charge is 0.461 e. The molecule has 0 saturated carbocycles. The number of benzene rings is 2. The number of thiazole rings is 1. The van der Waals surface area contributed by atoms with E-state index in [9.17, 15) is 4.79 Å². The Kier molecular flexibility index (Phi) is 6.71. The van der Waals surface area contributed by atoms with Crippen molar-refractivity contribution >= 4 is 55.6 Å². The van der Waals surface area contributed by atoms with Gasteiger partial charge in [-0.05, 0) is 37.3 Å². The Hall–Kier alpha value is -3.25. The van der Waals surface area contributed by atoms with Gasteiger partial charge in [-0.2, -0.15) is 4.57 Å². The number of oxazole rings is 1. The minimum Gasteiger partial charge on any atom is -0.461 e. The fourth-order valence-corrected chi connectivity index (χ4v) is 4.74. The van der Waals surface area contributed by atoms with Crippen LogP contribution >= 0.6 is 11.3 Å². The van der Waals surface area contributed by atoms with Crippen LogP contribution < -0.4 is 23.2 Å². The summed E-state index contributed by atoms with van der Waals surface area (Å²) >= 11 is 1.66. The van der Waals surface area contributed by atoms with Gasteiger partial charge < -0.3 is 9.15 Å². The number of rotatable bonds is 4. The highest BCUT2D eigenvalue weighted by Crippen LogP contribution is 2.33. The van der Waals surface area contributed by atoms with E-state index in [2.05, 4.69) is 6.07 Å². The van der Waals surface area contributed by atoms with Crippen LogP contribution in [0.15, 0.2) is 59.0 Å². The molecule has 3 heterocycles. The molecule has 0 atom stereocenters. The third-order valence-electron chi connectivity index (χ3n) is 4.96. The average molecular weight is 503 g/mol. The normalized spacial score (nSPS) is 11.9. The minimum absolute atomic E-state index is 0.319. The van der Waals surface area contributed by atoms with Gasteiger partial charge in [0.2, 0.25) is 5.58 Å². The molecular formula is C23H19ClN2O7S. The molecule has 0 unspecified atom stereocenters. The van der Waals surface area contributed by atoms with Gasteiger partial charge in [0.25, 0.3) is 5.52 Å². The third-order valence-corrected chi connectivity index (χ3v) is 6.13. The van der Waals surface area contributed by atoms with Crippen molar-refractivity contribution in [3.63, 3.8) is 0 Å². The molecule has 0 fully saturated rings. The number of carbonyl (C=O) groups excluding carboxylic acids is 1. The maximum Gasteiger partial charge on any atom is 0.373 e. The Morgan fingerprint density at radius 3 is 2.50 bits per heavy atom. The van der Waals surface area contributed by atoms with Crippen LogP contribution in [0, 0.1) is 10.2 Å². The molecule has 0 saturated heterocycles. The Balaban J connectivity index is 0.000000499. The lowest BCUT2D eigenvalue weighted by Crippen LogP contribution is -2.68. The van der Waals surface area contributed by atoms with Gasteiger partial charge in [0.05, 0.1) is 22.9 Å². The van der Waals surface area contributed by atoms with E-state index in [0.29, 0.717) is 12.3 Å². The van der Waals surface area contributed by atoms with E-state index in [0.717, 1.165) is 37.6 Å². The van der Waals surface area contributed by atoms with Gasteiger partial charge in [-0.15, -0.1) is 21.6 Å². The summed E-state index contributed by atoms with van der Waals surface area (Å²) in [6.07, 6.45) is 3.93. The zero-order valence-corrected chi connectivity index (χ0v) is 19.7. The molecule has 11 heteroatoms. The van der Waals surface area contributed by atoms with Crippen molar-refractivity contribution in [2.75, 3.05) is 6.61 Å². The van der Waals surface area contributed by atoms with Gasteiger partial charge in [-0.3, -0.25) is 4.40 Å². The van der Waals surface area contributed by atoms with Crippen LogP contribution in [-0.4, -0.2) is 17.0 Å². The second-order valence-electron chi connectivity index (χ2n) is 7.09. The van der Waals surface area contributed by atoms with E-state index in [1.165, 1.54) is 0 Å². The van der Waals surface area contributed by atoms with E-state index < -0.39 is 10.2 Å². The number of hydrogen-bond acceptors (Lipinski definition) is 8. The van der Waals surface area contributed by atoms with Crippen molar-refractivity contribution < 1.29 is 47.4 Å². The van der Waals surface area contributed by atoms with Gasteiger partial charge in [-0.25, -0.2) is 23.4 Å². The van der Waals surface area contributed by atoms with E-state index in [4.69, 9.17) is 27.8 Å². The molecular weight excluding hydrogens is 484 g/mol. The highest BCUT2D eigenvalue weighted by atomic mass is 35.7. The van der Waals surface area contributed by atoms with E-state index in [1.807, 2.05) is 83.6 Å². The Morgan fingerprint density at radius 2 is 1.79 bits per heavy atom. The van der Waals surface area contributed by atoms with Crippen molar-refractivity contribution in [1.29, 1.82) is 0 Å². The van der Waals surface area contributed by atoms with Gasteiger partial charge in [0.1, 0.15) is 17.6 Å². The Labute approximate surface area is 199 Å². The number of nitrogens with zero attached hydrogens (tertiary/aromatic N) is 2. The van der Waals surface area contributed by atoms with Crippen LogP contribution in [0.25, 0.3) is 38.3 Å². The third kappa shape index (κ3) is 4.97. The second-order valence-corrected chi connectivity index (χ2v) is 8.88. The molecule has 0 aliphatic rings. The van der Waals surface area contributed by atoms with Gasteiger partial charge >= 0.3 is 11.9 Å². The molecule has 34 heavy (non-hydrogen) atoms. The second kappa shape index (κ2) is 9.55. The molecule has 0 aliphatic carbocycles. The molecule has 0 bridgehead atoms. The van der Waals surface area contributed by atoms with Gasteiger partial charge in [0.15, 0.2) is 0 Å². The van der Waals surface area contributed by atoms with Gasteiger partial charge in [-0.1, -0.05) is 24.3 Å². The summed E-state index contributed by atoms with van der Waals surface area (Å²) in [6.45, 7) is 2.16. The lowest BCUT2D eigenvalue weighted by molar-refractivity contribution is -2.00. The van der Waals surface area contributed by atoms with E-state index >= 15 is 0 Å². The standard InChI is InChI=1S/C23H19N2O3S.ClHO4/c1-3-27-23(26)18-14-15(22-25(18)17-9-5-7-11-20(17)29-22)12-13-21-24(2)16-8-4-6-10-19(16)28-21;2-1(3,4)5/h4-14H,3H2,1-2H3;(H,2,3,4,5)/q+1;/p-1. The average Bonchev–Trinajstić information content (AvgIpc) is 3.42. The molecule has 9 nitrogen and oxygen atoms in total. The molecule has 5 aromatic rings. The Morgan fingerprint density at radius 1 is 1.12 bits per heavy atom. The topological polar surface area (TPSA) is 140 Å². The molecule has 0 radical (unpaired) electrons. The molecule has 5 rings (SSSR count). The highest BCUT2D eigenvalue weighted by molar-refractivity contribution is 7.24. The summed E-state index contributed by atoms with van der Waals surface area (Å²) in [5, 5.41) is 0. The monoisotopic (exact) mass is 502 g/mol. The minimum atomic E-state index is -4.94. The van der Waals surface area contributed by atoms with Gasteiger partial charge in [0, 0.05) is 11.6 Å². The van der Waals surface area contributed by atoms with Crippen molar-refractivity contribution in [2.24, 2.45) is 7.05 Å². The number of hydrogen-bond donors (Lipinski definition) is 0. The molecule has 2 aromatic carbocycles. The maximum absolute atomic E-state index is 12.6. The van der Waals surface area contributed by atoms with Crippen molar-refractivity contribution in [2.45, 2.75) is 6.92 Å². The summed E-state index contributed by atoms with van der Waals surface area (Å²) in [4.78, 5) is 13.6.